The molecule has 3 nitrogen and oxygen atoms in total. The highest BCUT2D eigenvalue weighted by atomic mass is 16.5. The van der Waals surface area contributed by atoms with Crippen molar-refractivity contribution in [2.24, 2.45) is 17.8 Å². The molecule has 0 saturated carbocycles. The maximum absolute atomic E-state index is 12.9. The van der Waals surface area contributed by atoms with Crippen LogP contribution in [0.15, 0.2) is 0 Å². The molecule has 1 aliphatic heterocycles. The first-order valence-corrected chi connectivity index (χ1v) is 21.0. The van der Waals surface area contributed by atoms with Crippen LogP contribution in [0.4, 0.5) is 0 Å². The number of fused-ring (bicyclic) bond motifs is 1. The standard InChI is InChI=1S/C45H80O3/c1-10-11-12-13-14-15-16-17-18-19-20-21-22-31-42(46)47-43-38(6)39(7)44-41(40(43)8)32-34-45(9,48-44)33-25-30-37(5)29-24-28-36(4)27-23-26-35(2)3/h35-37H,10-34H2,1-9H3/t36?,37?,45-/m1/s1. The lowest BCUT2D eigenvalue weighted by molar-refractivity contribution is -0.134. The Morgan fingerprint density at radius 2 is 1.17 bits per heavy atom. The summed E-state index contributed by atoms with van der Waals surface area (Å²) in [6.07, 6.45) is 31.5. The van der Waals surface area contributed by atoms with Gasteiger partial charge in [-0.3, -0.25) is 4.79 Å². The van der Waals surface area contributed by atoms with Crippen LogP contribution in [0.2, 0.25) is 0 Å². The molecule has 2 rings (SSSR count). The van der Waals surface area contributed by atoms with E-state index in [4.69, 9.17) is 9.47 Å². The van der Waals surface area contributed by atoms with Gasteiger partial charge in [-0.25, -0.2) is 0 Å². The molecule has 0 spiro atoms. The van der Waals surface area contributed by atoms with Gasteiger partial charge >= 0.3 is 5.97 Å². The van der Waals surface area contributed by atoms with Crippen LogP contribution in [0.1, 0.15) is 218 Å². The van der Waals surface area contributed by atoms with Crippen molar-refractivity contribution < 1.29 is 14.3 Å². The minimum atomic E-state index is -0.117. The highest BCUT2D eigenvalue weighted by Crippen LogP contribution is 2.45. The average Bonchev–Trinajstić information content (AvgIpc) is 3.04. The van der Waals surface area contributed by atoms with Crippen LogP contribution < -0.4 is 9.47 Å². The molecule has 0 amide bonds. The maximum Gasteiger partial charge on any atom is 0.311 e. The summed E-state index contributed by atoms with van der Waals surface area (Å²) < 4.78 is 12.9. The fraction of sp³-hybridized carbons (Fsp3) is 0.844. The molecule has 0 aliphatic carbocycles. The Bertz CT molecular complexity index is 1030. The Morgan fingerprint density at radius 1 is 0.667 bits per heavy atom. The average molecular weight is 669 g/mol. The van der Waals surface area contributed by atoms with Gasteiger partial charge in [0.15, 0.2) is 0 Å². The summed E-state index contributed by atoms with van der Waals surface area (Å²) in [5.74, 6) is 4.24. The lowest BCUT2D eigenvalue weighted by Crippen LogP contribution is -2.37. The summed E-state index contributed by atoms with van der Waals surface area (Å²) in [6.45, 7) is 20.5. The summed E-state index contributed by atoms with van der Waals surface area (Å²) in [4.78, 5) is 12.9. The van der Waals surface area contributed by atoms with Gasteiger partial charge < -0.3 is 9.47 Å². The molecule has 3 heteroatoms. The summed E-state index contributed by atoms with van der Waals surface area (Å²) in [5, 5.41) is 0. The second-order valence-electron chi connectivity index (χ2n) is 16.9. The number of benzene rings is 1. The van der Waals surface area contributed by atoms with Gasteiger partial charge in [-0.1, -0.05) is 157 Å². The second kappa shape index (κ2) is 23.8. The number of hydrogen-bond donors (Lipinski definition) is 0. The summed E-state index contributed by atoms with van der Waals surface area (Å²) in [5.41, 5.74) is 4.42. The van der Waals surface area contributed by atoms with E-state index in [1.165, 1.54) is 128 Å². The minimum absolute atomic E-state index is 0.0834. The van der Waals surface area contributed by atoms with Crippen LogP contribution in [0.25, 0.3) is 0 Å². The minimum Gasteiger partial charge on any atom is -0.487 e. The molecule has 48 heavy (non-hydrogen) atoms. The van der Waals surface area contributed by atoms with Gasteiger partial charge in [0.2, 0.25) is 0 Å². The zero-order chi connectivity index (χ0) is 35.4. The van der Waals surface area contributed by atoms with E-state index >= 15 is 0 Å². The third-order valence-corrected chi connectivity index (χ3v) is 11.5. The number of carbonyl (C=O) groups is 1. The van der Waals surface area contributed by atoms with E-state index in [-0.39, 0.29) is 11.6 Å². The van der Waals surface area contributed by atoms with Crippen molar-refractivity contribution >= 4 is 5.97 Å². The van der Waals surface area contributed by atoms with Crippen LogP contribution in [-0.4, -0.2) is 11.6 Å². The van der Waals surface area contributed by atoms with Crippen molar-refractivity contribution in [3.8, 4) is 11.5 Å². The van der Waals surface area contributed by atoms with Crippen molar-refractivity contribution in [2.75, 3.05) is 0 Å². The molecule has 0 fully saturated rings. The topological polar surface area (TPSA) is 35.5 Å². The Labute approximate surface area is 299 Å². The SMILES string of the molecule is CCCCCCCCCCCCCCCC(=O)Oc1c(C)c(C)c2c(c1C)CC[C@@](C)(CCCC(C)CCCC(C)CCCC(C)C)O2. The lowest BCUT2D eigenvalue weighted by Gasteiger charge is -2.38. The molecule has 1 aromatic rings. The number of rotatable bonds is 27. The molecule has 1 heterocycles. The maximum atomic E-state index is 12.9. The van der Waals surface area contributed by atoms with E-state index in [0.717, 1.165) is 78.0 Å². The Hall–Kier alpha value is -1.51. The molecule has 0 saturated heterocycles. The number of hydrogen-bond acceptors (Lipinski definition) is 3. The quantitative estimate of drug-likeness (QED) is 0.0532. The van der Waals surface area contributed by atoms with Crippen LogP contribution in [0.3, 0.4) is 0 Å². The molecule has 3 atom stereocenters. The highest BCUT2D eigenvalue weighted by molar-refractivity contribution is 5.74. The molecule has 0 bridgehead atoms. The molecule has 0 radical (unpaired) electrons. The molecule has 0 N–H and O–H groups in total. The molecular weight excluding hydrogens is 588 g/mol. The summed E-state index contributed by atoms with van der Waals surface area (Å²) >= 11 is 0. The number of esters is 1. The van der Waals surface area contributed by atoms with Gasteiger partial charge in [0, 0.05) is 12.0 Å². The first-order valence-electron chi connectivity index (χ1n) is 21.0. The predicted molar refractivity (Wildman–Crippen MR) is 209 cm³/mol. The Kier molecular flexibility index (Phi) is 21.2. The first kappa shape index (κ1) is 42.7. The smallest absolute Gasteiger partial charge is 0.311 e. The fourth-order valence-corrected chi connectivity index (χ4v) is 7.87. The van der Waals surface area contributed by atoms with Gasteiger partial charge in [0.25, 0.3) is 0 Å². The van der Waals surface area contributed by atoms with E-state index in [2.05, 4.69) is 62.3 Å². The van der Waals surface area contributed by atoms with Crippen molar-refractivity contribution in [2.45, 2.75) is 228 Å². The van der Waals surface area contributed by atoms with Gasteiger partial charge in [0.05, 0.1) is 0 Å². The van der Waals surface area contributed by atoms with Crippen molar-refractivity contribution in [1.29, 1.82) is 0 Å². The van der Waals surface area contributed by atoms with E-state index in [1.807, 2.05) is 0 Å². The van der Waals surface area contributed by atoms with E-state index in [0.29, 0.717) is 6.42 Å². The van der Waals surface area contributed by atoms with Crippen LogP contribution in [0, 0.1) is 38.5 Å². The van der Waals surface area contributed by atoms with E-state index in [1.54, 1.807) is 0 Å². The monoisotopic (exact) mass is 669 g/mol. The van der Waals surface area contributed by atoms with Gasteiger partial charge in [-0.05, 0) is 94.2 Å². The lowest BCUT2D eigenvalue weighted by atomic mass is 9.83. The number of carbonyl (C=O) groups excluding carboxylic acids is 1. The number of ether oxygens (including phenoxy) is 2. The highest BCUT2D eigenvalue weighted by Gasteiger charge is 2.34. The summed E-state index contributed by atoms with van der Waals surface area (Å²) in [6, 6.07) is 0. The molecule has 278 valence electrons. The first-order chi connectivity index (χ1) is 23.0. The van der Waals surface area contributed by atoms with E-state index < -0.39 is 0 Å². The van der Waals surface area contributed by atoms with Crippen LogP contribution in [-0.2, 0) is 11.2 Å². The zero-order valence-electron chi connectivity index (χ0n) is 33.6. The van der Waals surface area contributed by atoms with Gasteiger partial charge in [-0.15, -0.1) is 0 Å². The second-order valence-corrected chi connectivity index (χ2v) is 16.9. The Morgan fingerprint density at radius 3 is 1.71 bits per heavy atom. The fourth-order valence-electron chi connectivity index (χ4n) is 7.87. The molecule has 1 aromatic carbocycles. The third kappa shape index (κ3) is 16.5. The van der Waals surface area contributed by atoms with E-state index in [9.17, 15) is 4.79 Å². The van der Waals surface area contributed by atoms with Crippen molar-refractivity contribution in [1.82, 2.24) is 0 Å². The van der Waals surface area contributed by atoms with Crippen molar-refractivity contribution in [3.05, 3.63) is 22.3 Å². The molecule has 0 aromatic heterocycles. The zero-order valence-corrected chi connectivity index (χ0v) is 33.6. The number of unbranched alkanes of at least 4 members (excludes halogenated alkanes) is 12. The third-order valence-electron chi connectivity index (χ3n) is 11.5. The molecule has 2 unspecified atom stereocenters. The molecule has 1 aliphatic rings. The van der Waals surface area contributed by atoms with Crippen LogP contribution >= 0.6 is 0 Å². The Balaban J connectivity index is 1.70. The molecular formula is C45H80O3. The van der Waals surface area contributed by atoms with Gasteiger partial charge in [-0.2, -0.15) is 0 Å². The summed E-state index contributed by atoms with van der Waals surface area (Å²) in [7, 11) is 0. The van der Waals surface area contributed by atoms with Crippen LogP contribution in [0.5, 0.6) is 11.5 Å². The van der Waals surface area contributed by atoms with Crippen molar-refractivity contribution in [3.63, 3.8) is 0 Å². The predicted octanol–water partition coefficient (Wildman–Crippen LogP) is 14.5. The van der Waals surface area contributed by atoms with Gasteiger partial charge in [0.1, 0.15) is 17.1 Å². The normalized spacial score (nSPS) is 17.3. The largest absolute Gasteiger partial charge is 0.487 e.